The lowest BCUT2D eigenvalue weighted by atomic mass is 10.0. The van der Waals surface area contributed by atoms with Gasteiger partial charge < -0.3 is 10.4 Å². The summed E-state index contributed by atoms with van der Waals surface area (Å²) in [5.41, 5.74) is 1.03. The van der Waals surface area contributed by atoms with Gasteiger partial charge in [0, 0.05) is 16.5 Å². The van der Waals surface area contributed by atoms with E-state index < -0.39 is 23.7 Å². The lowest BCUT2D eigenvalue weighted by Gasteiger charge is -2.16. The van der Waals surface area contributed by atoms with Gasteiger partial charge in [-0.3, -0.25) is 4.79 Å². The number of carbonyl (C=O) groups excluding carboxylic acids is 1. The van der Waals surface area contributed by atoms with E-state index in [1.54, 1.807) is 18.2 Å². The highest BCUT2D eigenvalue weighted by Crippen LogP contribution is 2.25. The molecular formula is C17H14Cl2FNO3. The number of nitrogens with one attached hydrogen (secondary N) is 1. The van der Waals surface area contributed by atoms with Gasteiger partial charge in [0.2, 0.25) is 5.91 Å². The summed E-state index contributed by atoms with van der Waals surface area (Å²) in [5.74, 6) is -2.09. The number of halogens is 3. The van der Waals surface area contributed by atoms with E-state index in [2.05, 4.69) is 5.32 Å². The van der Waals surface area contributed by atoms with Crippen molar-refractivity contribution in [2.75, 3.05) is 0 Å². The fourth-order valence-electron chi connectivity index (χ4n) is 2.16. The van der Waals surface area contributed by atoms with Gasteiger partial charge in [0.25, 0.3) is 0 Å². The van der Waals surface area contributed by atoms with Crippen LogP contribution in [0.3, 0.4) is 0 Å². The van der Waals surface area contributed by atoms with Crippen molar-refractivity contribution in [3.63, 3.8) is 0 Å². The first-order valence-corrected chi connectivity index (χ1v) is 7.82. The number of aliphatic carboxylic acids is 1. The zero-order valence-corrected chi connectivity index (χ0v) is 13.9. The molecule has 0 spiro atoms. The molecule has 0 aliphatic rings. The molecule has 0 bridgehead atoms. The Kier molecular flexibility index (Phi) is 6.17. The fraction of sp³-hybridized carbons (Fsp3) is 0.176. The summed E-state index contributed by atoms with van der Waals surface area (Å²) < 4.78 is 12.9. The van der Waals surface area contributed by atoms with Crippen molar-refractivity contribution in [1.29, 1.82) is 0 Å². The highest BCUT2D eigenvalue weighted by molar-refractivity contribution is 6.36. The molecule has 0 saturated carbocycles. The second-order valence-electron chi connectivity index (χ2n) is 5.17. The number of benzene rings is 2. The third kappa shape index (κ3) is 4.94. The van der Waals surface area contributed by atoms with Crippen LogP contribution in [0.25, 0.3) is 0 Å². The van der Waals surface area contributed by atoms with Crippen LogP contribution in [0, 0.1) is 5.82 Å². The predicted molar refractivity (Wildman–Crippen MR) is 89.8 cm³/mol. The average Bonchev–Trinajstić information content (AvgIpc) is 2.52. The largest absolute Gasteiger partial charge is 0.480 e. The van der Waals surface area contributed by atoms with Gasteiger partial charge in [-0.25, -0.2) is 9.18 Å². The summed E-state index contributed by atoms with van der Waals surface area (Å²) >= 11 is 12.1. The Morgan fingerprint density at radius 1 is 1.08 bits per heavy atom. The van der Waals surface area contributed by atoms with Crippen LogP contribution in [0.4, 0.5) is 4.39 Å². The van der Waals surface area contributed by atoms with Crippen molar-refractivity contribution < 1.29 is 19.1 Å². The van der Waals surface area contributed by atoms with Gasteiger partial charge in [0.05, 0.1) is 6.42 Å². The minimum Gasteiger partial charge on any atom is -0.480 e. The monoisotopic (exact) mass is 369 g/mol. The van der Waals surface area contributed by atoms with E-state index in [1.165, 1.54) is 24.3 Å². The summed E-state index contributed by atoms with van der Waals surface area (Å²) in [6.45, 7) is 0. The van der Waals surface area contributed by atoms with E-state index in [9.17, 15) is 19.1 Å². The lowest BCUT2D eigenvalue weighted by molar-refractivity contribution is -0.141. The molecule has 0 fully saturated rings. The normalized spacial score (nSPS) is 11.8. The fourth-order valence-corrected chi connectivity index (χ4v) is 2.72. The molecule has 0 unspecified atom stereocenters. The second kappa shape index (κ2) is 8.13. The van der Waals surface area contributed by atoms with Crippen molar-refractivity contribution in [1.82, 2.24) is 5.32 Å². The van der Waals surface area contributed by atoms with Crippen LogP contribution in [0.2, 0.25) is 10.0 Å². The van der Waals surface area contributed by atoms with Gasteiger partial charge in [-0.2, -0.15) is 0 Å². The van der Waals surface area contributed by atoms with E-state index >= 15 is 0 Å². The van der Waals surface area contributed by atoms with Crippen molar-refractivity contribution >= 4 is 35.1 Å². The van der Waals surface area contributed by atoms with E-state index in [1.807, 2.05) is 0 Å². The highest BCUT2D eigenvalue weighted by Gasteiger charge is 2.22. The summed E-state index contributed by atoms with van der Waals surface area (Å²) in [6, 6.07) is 9.09. The zero-order chi connectivity index (χ0) is 17.7. The maximum Gasteiger partial charge on any atom is 0.326 e. The van der Waals surface area contributed by atoms with E-state index in [0.29, 0.717) is 21.2 Å². The number of carboxylic acid groups (broad SMARTS) is 1. The van der Waals surface area contributed by atoms with Gasteiger partial charge in [0.15, 0.2) is 0 Å². The Morgan fingerprint density at radius 2 is 1.67 bits per heavy atom. The molecule has 7 heteroatoms. The van der Waals surface area contributed by atoms with Crippen LogP contribution in [0.1, 0.15) is 11.1 Å². The number of hydrogen-bond donors (Lipinski definition) is 2. The number of carbonyl (C=O) groups is 2. The Balaban J connectivity index is 2.07. The van der Waals surface area contributed by atoms with Gasteiger partial charge in [-0.1, -0.05) is 41.4 Å². The number of hydrogen-bond acceptors (Lipinski definition) is 2. The molecule has 0 saturated heterocycles. The molecule has 0 aliphatic heterocycles. The van der Waals surface area contributed by atoms with Crippen LogP contribution in [-0.4, -0.2) is 23.0 Å². The first kappa shape index (κ1) is 18.2. The summed E-state index contributed by atoms with van der Waals surface area (Å²) in [6.07, 6.45) is -0.0939. The zero-order valence-electron chi connectivity index (χ0n) is 12.4. The number of carboxylic acids is 1. The average molecular weight is 370 g/mol. The van der Waals surface area contributed by atoms with E-state index in [4.69, 9.17) is 23.2 Å². The molecule has 0 heterocycles. The van der Waals surface area contributed by atoms with Crippen LogP contribution >= 0.6 is 23.2 Å². The van der Waals surface area contributed by atoms with Gasteiger partial charge >= 0.3 is 5.97 Å². The van der Waals surface area contributed by atoms with Crippen LogP contribution in [0.5, 0.6) is 0 Å². The van der Waals surface area contributed by atoms with E-state index in [-0.39, 0.29) is 12.8 Å². The van der Waals surface area contributed by atoms with Gasteiger partial charge in [-0.15, -0.1) is 0 Å². The van der Waals surface area contributed by atoms with Crippen molar-refractivity contribution in [3.05, 3.63) is 69.5 Å². The molecule has 2 aromatic carbocycles. The molecule has 0 aliphatic carbocycles. The molecule has 2 aromatic rings. The molecule has 0 aromatic heterocycles. The smallest absolute Gasteiger partial charge is 0.326 e. The van der Waals surface area contributed by atoms with E-state index in [0.717, 1.165) is 0 Å². The molecule has 0 radical (unpaired) electrons. The van der Waals surface area contributed by atoms with Crippen LogP contribution < -0.4 is 5.32 Å². The minimum absolute atomic E-state index is 0.0387. The molecule has 24 heavy (non-hydrogen) atoms. The quantitative estimate of drug-likeness (QED) is 0.818. The highest BCUT2D eigenvalue weighted by atomic mass is 35.5. The summed E-state index contributed by atoms with van der Waals surface area (Å²) in [5, 5.41) is 12.4. The molecule has 2 N–H and O–H groups in total. The second-order valence-corrected chi connectivity index (χ2v) is 5.98. The SMILES string of the molecule is O=C(Cc1ccc(F)cc1)N[C@H](Cc1c(Cl)cccc1Cl)C(=O)O. The summed E-state index contributed by atoms with van der Waals surface area (Å²) in [4.78, 5) is 23.4. The first-order chi connectivity index (χ1) is 11.4. The molecule has 1 amide bonds. The Labute approximate surface area is 148 Å². The Hall–Kier alpha value is -2.11. The lowest BCUT2D eigenvalue weighted by Crippen LogP contribution is -2.43. The third-order valence-electron chi connectivity index (χ3n) is 3.38. The third-order valence-corrected chi connectivity index (χ3v) is 4.09. The van der Waals surface area contributed by atoms with Crippen LogP contribution in [0.15, 0.2) is 42.5 Å². The van der Waals surface area contributed by atoms with Crippen LogP contribution in [-0.2, 0) is 22.4 Å². The Morgan fingerprint density at radius 3 is 2.21 bits per heavy atom. The van der Waals surface area contributed by atoms with Crippen molar-refractivity contribution in [2.45, 2.75) is 18.9 Å². The molecule has 4 nitrogen and oxygen atoms in total. The number of amides is 1. The molecule has 126 valence electrons. The first-order valence-electron chi connectivity index (χ1n) is 7.06. The van der Waals surface area contributed by atoms with Crippen molar-refractivity contribution in [2.24, 2.45) is 0 Å². The topological polar surface area (TPSA) is 66.4 Å². The molecular weight excluding hydrogens is 356 g/mol. The van der Waals surface area contributed by atoms with Crippen molar-refractivity contribution in [3.8, 4) is 0 Å². The maximum absolute atomic E-state index is 12.9. The summed E-state index contributed by atoms with van der Waals surface area (Å²) in [7, 11) is 0. The maximum atomic E-state index is 12.9. The minimum atomic E-state index is -1.20. The van der Waals surface area contributed by atoms with Gasteiger partial charge in [-0.05, 0) is 35.4 Å². The standard InChI is InChI=1S/C17H14Cl2FNO3/c18-13-2-1-3-14(19)12(13)9-15(17(23)24)21-16(22)8-10-4-6-11(20)7-5-10/h1-7,15H,8-9H2,(H,21,22)(H,23,24)/t15-/m1/s1. The molecule has 2 rings (SSSR count). The van der Waals surface area contributed by atoms with Gasteiger partial charge in [0.1, 0.15) is 11.9 Å². The Bertz CT molecular complexity index is 730. The predicted octanol–water partition coefficient (Wildman–Crippen LogP) is 3.49. The molecule has 1 atom stereocenters. The number of rotatable bonds is 6.